The number of benzene rings is 1. The zero-order chi connectivity index (χ0) is 24.6. The molecule has 4 rings (SSSR count). The van der Waals surface area contributed by atoms with Crippen LogP contribution in [0.3, 0.4) is 0 Å². The maximum atomic E-state index is 12.9. The Morgan fingerprint density at radius 1 is 1.09 bits per heavy atom. The second kappa shape index (κ2) is 10.1. The number of ether oxygens (including phenoxy) is 1. The van der Waals surface area contributed by atoms with Crippen molar-refractivity contribution in [3.8, 4) is 5.75 Å². The van der Waals surface area contributed by atoms with Gasteiger partial charge in [0.2, 0.25) is 11.8 Å². The summed E-state index contributed by atoms with van der Waals surface area (Å²) in [6.45, 7) is 8.81. The molecule has 2 heterocycles. The van der Waals surface area contributed by atoms with Gasteiger partial charge in [-0.05, 0) is 80.3 Å². The number of nitrogens with zero attached hydrogens (tertiary/aromatic N) is 1. The highest BCUT2D eigenvalue weighted by molar-refractivity contribution is 6.05. The molecule has 5 nitrogen and oxygen atoms in total. The Balaban J connectivity index is 1.56. The van der Waals surface area contributed by atoms with E-state index < -0.39 is 0 Å². The van der Waals surface area contributed by atoms with Crippen molar-refractivity contribution in [3.63, 3.8) is 0 Å². The van der Waals surface area contributed by atoms with E-state index in [0.29, 0.717) is 18.8 Å². The van der Waals surface area contributed by atoms with Crippen LogP contribution in [-0.2, 0) is 14.3 Å². The van der Waals surface area contributed by atoms with Gasteiger partial charge < -0.3 is 9.84 Å². The molecule has 184 valence electrons. The van der Waals surface area contributed by atoms with Gasteiger partial charge in [-0.25, -0.2) is 0 Å². The molecule has 2 fully saturated rings. The lowest BCUT2D eigenvalue weighted by atomic mass is 9.68. The summed E-state index contributed by atoms with van der Waals surface area (Å²) in [5.74, 6) is -0.0667. The Bertz CT molecular complexity index is 1010. The first-order valence-corrected chi connectivity index (χ1v) is 12.9. The van der Waals surface area contributed by atoms with Gasteiger partial charge in [0.1, 0.15) is 5.75 Å². The van der Waals surface area contributed by atoms with Crippen molar-refractivity contribution in [1.29, 1.82) is 0 Å². The largest absolute Gasteiger partial charge is 0.507 e. The molecule has 34 heavy (non-hydrogen) atoms. The van der Waals surface area contributed by atoms with E-state index in [1.807, 2.05) is 26.0 Å². The third-order valence-corrected chi connectivity index (χ3v) is 7.96. The fourth-order valence-corrected chi connectivity index (χ4v) is 6.38. The molecule has 3 aliphatic rings. The number of carbonyl (C=O) groups is 2. The molecule has 2 saturated heterocycles. The molecule has 2 amide bonds. The third-order valence-electron chi connectivity index (χ3n) is 7.96. The number of hydrogen-bond acceptors (Lipinski definition) is 4. The Labute approximate surface area is 203 Å². The number of allylic oxidation sites excluding steroid dienone is 2. The van der Waals surface area contributed by atoms with Crippen molar-refractivity contribution in [2.45, 2.75) is 78.7 Å². The van der Waals surface area contributed by atoms with Crippen LogP contribution in [0.2, 0.25) is 0 Å². The first kappa shape index (κ1) is 24.7. The van der Waals surface area contributed by atoms with Gasteiger partial charge in [-0.2, -0.15) is 0 Å². The van der Waals surface area contributed by atoms with Crippen LogP contribution in [0, 0.1) is 31.6 Å². The van der Waals surface area contributed by atoms with Gasteiger partial charge >= 0.3 is 0 Å². The molecule has 1 aliphatic carbocycles. The summed E-state index contributed by atoms with van der Waals surface area (Å²) < 4.78 is 6.34. The lowest BCUT2D eigenvalue weighted by molar-refractivity contribution is -0.138. The molecule has 1 aromatic rings. The molecule has 0 spiro atoms. The minimum absolute atomic E-state index is 0.0150. The highest BCUT2D eigenvalue weighted by Gasteiger charge is 2.55. The number of phenolic OH excluding ortho intramolecular Hbond substituents is 1. The second-order valence-electron chi connectivity index (χ2n) is 10.4. The van der Waals surface area contributed by atoms with Crippen LogP contribution in [0.5, 0.6) is 5.75 Å². The maximum absolute atomic E-state index is 12.9. The van der Waals surface area contributed by atoms with Gasteiger partial charge in [0.25, 0.3) is 0 Å². The molecule has 5 heteroatoms. The number of aromatic hydroxyl groups is 1. The zero-order valence-electron chi connectivity index (χ0n) is 21.3. The lowest BCUT2D eigenvalue weighted by Gasteiger charge is -2.32. The fourth-order valence-electron chi connectivity index (χ4n) is 6.38. The Morgan fingerprint density at radius 3 is 2.44 bits per heavy atom. The summed E-state index contributed by atoms with van der Waals surface area (Å²) in [6.07, 6.45) is 8.96. The predicted molar refractivity (Wildman–Crippen MR) is 134 cm³/mol. The number of aryl methyl sites for hydroxylation is 2. The van der Waals surface area contributed by atoms with Gasteiger partial charge in [0.05, 0.1) is 24.5 Å². The van der Waals surface area contributed by atoms with Crippen LogP contribution in [0.15, 0.2) is 28.9 Å². The van der Waals surface area contributed by atoms with E-state index in [1.165, 1.54) is 21.6 Å². The number of imide groups is 1. The Kier molecular flexibility index (Phi) is 7.32. The molecule has 0 saturated carbocycles. The second-order valence-corrected chi connectivity index (χ2v) is 10.4. The molecule has 0 bridgehead atoms. The maximum Gasteiger partial charge on any atom is 0.233 e. The monoisotopic (exact) mass is 465 g/mol. The number of phenols is 1. The summed E-state index contributed by atoms with van der Waals surface area (Å²) in [4.78, 5) is 27.0. The summed E-state index contributed by atoms with van der Waals surface area (Å²) in [5, 5.41) is 10.1. The minimum atomic E-state index is -0.244. The van der Waals surface area contributed by atoms with Crippen molar-refractivity contribution in [2.75, 3.05) is 13.7 Å². The van der Waals surface area contributed by atoms with E-state index in [2.05, 4.69) is 19.9 Å². The molecular weight excluding hydrogens is 426 g/mol. The summed E-state index contributed by atoms with van der Waals surface area (Å²) in [5.41, 5.74) is 7.00. The highest BCUT2D eigenvalue weighted by Crippen LogP contribution is 2.50. The van der Waals surface area contributed by atoms with Crippen LogP contribution in [0.4, 0.5) is 0 Å². The minimum Gasteiger partial charge on any atom is -0.507 e. The van der Waals surface area contributed by atoms with Crippen molar-refractivity contribution < 1.29 is 19.4 Å². The number of carbonyl (C=O) groups excluding carboxylic acids is 2. The molecule has 1 N–H and O–H groups in total. The summed E-state index contributed by atoms with van der Waals surface area (Å²) in [7, 11) is 1.63. The topological polar surface area (TPSA) is 66.8 Å². The van der Waals surface area contributed by atoms with Gasteiger partial charge in [-0.1, -0.05) is 43.9 Å². The molecule has 4 atom stereocenters. The zero-order valence-corrected chi connectivity index (χ0v) is 21.3. The van der Waals surface area contributed by atoms with E-state index in [1.54, 1.807) is 7.05 Å². The number of fused-ring (bicyclic) bond motifs is 3. The first-order chi connectivity index (χ1) is 16.3. The van der Waals surface area contributed by atoms with E-state index in [4.69, 9.17) is 4.74 Å². The van der Waals surface area contributed by atoms with Gasteiger partial charge in [0.15, 0.2) is 0 Å². The van der Waals surface area contributed by atoms with Crippen molar-refractivity contribution in [2.24, 2.45) is 17.8 Å². The molecule has 1 aromatic carbocycles. The molecule has 0 aromatic heterocycles. The van der Waals surface area contributed by atoms with Crippen LogP contribution >= 0.6 is 0 Å². The van der Waals surface area contributed by atoms with Gasteiger partial charge in [-0.3, -0.25) is 14.5 Å². The first-order valence-electron chi connectivity index (χ1n) is 12.9. The lowest BCUT2D eigenvalue weighted by Crippen LogP contribution is -2.34. The summed E-state index contributed by atoms with van der Waals surface area (Å²) >= 11 is 0. The SMILES string of the molecule is CCCC1=C2[C@@H](CC/C(=C/c3cc(C)c(O)c(C)c3)CCC)OC[C@@H]2[C@@H]2C(=O)N(C)C(=O)[C@@H]2C1. The van der Waals surface area contributed by atoms with Crippen molar-refractivity contribution >= 4 is 17.9 Å². The highest BCUT2D eigenvalue weighted by atomic mass is 16.5. The van der Waals surface area contributed by atoms with Crippen LogP contribution in [-0.4, -0.2) is 41.6 Å². The Morgan fingerprint density at radius 2 is 1.79 bits per heavy atom. The predicted octanol–water partition coefficient (Wildman–Crippen LogP) is 5.72. The van der Waals surface area contributed by atoms with Crippen molar-refractivity contribution in [1.82, 2.24) is 4.90 Å². The Hall–Kier alpha value is -2.40. The quantitative estimate of drug-likeness (QED) is 0.394. The standard InChI is InChI=1S/C29H39NO4/c1-6-8-19(14-20-12-17(3)27(31)18(4)13-20)10-11-24-25-21(9-7-2)15-22-26(23(25)16-34-24)29(33)30(5)28(22)32/h12-14,22-24,26,31H,6-11,15-16H2,1-5H3/b19-14+/t22-,23+,24-,26-/m1/s1. The van der Waals surface area contributed by atoms with E-state index in [0.717, 1.165) is 55.2 Å². The fraction of sp³-hybridized carbons (Fsp3) is 0.586. The van der Waals surface area contributed by atoms with E-state index in [-0.39, 0.29) is 35.7 Å². The number of rotatable bonds is 8. The average molecular weight is 466 g/mol. The normalized spacial score (nSPS) is 27.0. The van der Waals surface area contributed by atoms with Crippen LogP contribution in [0.1, 0.15) is 75.5 Å². The van der Waals surface area contributed by atoms with E-state index >= 15 is 0 Å². The van der Waals surface area contributed by atoms with Crippen molar-refractivity contribution in [3.05, 3.63) is 45.5 Å². The number of hydrogen-bond donors (Lipinski definition) is 1. The molecule has 0 unspecified atom stereocenters. The molecule has 0 radical (unpaired) electrons. The van der Waals surface area contributed by atoms with Crippen LogP contribution < -0.4 is 0 Å². The van der Waals surface area contributed by atoms with E-state index in [9.17, 15) is 14.7 Å². The third kappa shape index (κ3) is 4.47. The van der Waals surface area contributed by atoms with Gasteiger partial charge in [0, 0.05) is 13.0 Å². The van der Waals surface area contributed by atoms with Crippen LogP contribution in [0.25, 0.3) is 6.08 Å². The number of likely N-dealkylation sites (tertiary alicyclic amines) is 1. The number of amides is 2. The molecule has 2 aliphatic heterocycles. The smallest absolute Gasteiger partial charge is 0.233 e. The summed E-state index contributed by atoms with van der Waals surface area (Å²) in [6, 6.07) is 4.09. The average Bonchev–Trinajstić information content (AvgIpc) is 3.31. The molecular formula is C29H39NO4. The van der Waals surface area contributed by atoms with Gasteiger partial charge in [-0.15, -0.1) is 0 Å².